The largest absolute Gasteiger partial charge is 0.337 e. The molecule has 5 saturated carbocycles. The fourth-order valence-electron chi connectivity index (χ4n) is 14.4. The average molecular weight is 851 g/mol. The van der Waals surface area contributed by atoms with Gasteiger partial charge in [-0.2, -0.15) is 0 Å². The summed E-state index contributed by atoms with van der Waals surface area (Å²) in [4.78, 5) is 5.04. The van der Waals surface area contributed by atoms with E-state index in [0.29, 0.717) is 17.8 Å². The molecule has 64 heavy (non-hydrogen) atoms. The zero-order valence-corrected chi connectivity index (χ0v) is 38.8. The summed E-state index contributed by atoms with van der Waals surface area (Å²) in [6, 6.07) is 67.9. The molecule has 1 heterocycles. The lowest BCUT2D eigenvalue weighted by molar-refractivity contribution is -0.0418. The molecule has 2 nitrogen and oxygen atoms in total. The van der Waals surface area contributed by atoms with Crippen LogP contribution in [-0.4, -0.2) is 8.07 Å². The fourth-order valence-corrected chi connectivity index (χ4v) is 17.9. The van der Waals surface area contributed by atoms with Crippen molar-refractivity contribution in [3.8, 4) is 11.1 Å². The van der Waals surface area contributed by atoms with E-state index < -0.39 is 8.07 Å². The van der Waals surface area contributed by atoms with Crippen molar-refractivity contribution in [2.24, 2.45) is 23.7 Å². The highest BCUT2D eigenvalue weighted by Gasteiger charge is 2.58. The van der Waals surface area contributed by atoms with Gasteiger partial charge in [-0.25, -0.2) is 0 Å². The first-order chi connectivity index (χ1) is 31.4. The maximum absolute atomic E-state index is 2.57. The van der Waals surface area contributed by atoms with Crippen molar-refractivity contribution < 1.29 is 0 Å². The van der Waals surface area contributed by atoms with Crippen molar-refractivity contribution in [1.82, 2.24) is 0 Å². The van der Waals surface area contributed by atoms with Crippen LogP contribution in [0, 0.1) is 23.7 Å². The second kappa shape index (κ2) is 16.1. The van der Waals surface area contributed by atoms with E-state index in [1.165, 1.54) is 126 Å². The highest BCUT2D eigenvalue weighted by atomic mass is 28.3. The highest BCUT2D eigenvalue weighted by molar-refractivity contribution is 7.04. The van der Waals surface area contributed by atoms with E-state index in [9.17, 15) is 0 Å². The molecule has 3 heteroatoms. The molecule has 0 spiro atoms. The quantitative estimate of drug-likeness (QED) is 0.127. The minimum absolute atomic E-state index is 0.0168. The summed E-state index contributed by atoms with van der Waals surface area (Å²) in [5, 5.41) is 3.17. The minimum atomic E-state index is -1.88. The molecule has 1 aliphatic heterocycles. The van der Waals surface area contributed by atoms with Gasteiger partial charge in [-0.15, -0.1) is 0 Å². The summed E-state index contributed by atoms with van der Waals surface area (Å²) in [7, 11) is -1.88. The normalized spacial score (nSPS) is 24.0. The first-order valence-corrected chi connectivity index (χ1v) is 27.7. The lowest BCUT2D eigenvalue weighted by Gasteiger charge is -2.62. The van der Waals surface area contributed by atoms with E-state index in [2.05, 4.69) is 199 Å². The minimum Gasteiger partial charge on any atom is -0.337 e. The van der Waals surface area contributed by atoms with E-state index in [4.69, 9.17) is 0 Å². The van der Waals surface area contributed by atoms with E-state index in [1.54, 1.807) is 10.4 Å². The Morgan fingerprint density at radius 1 is 0.469 bits per heavy atom. The Labute approximate surface area is 383 Å². The van der Waals surface area contributed by atoms with Gasteiger partial charge in [-0.05, 0) is 179 Å². The van der Waals surface area contributed by atoms with E-state index in [0.717, 1.165) is 18.4 Å². The van der Waals surface area contributed by atoms with Gasteiger partial charge >= 0.3 is 0 Å². The molecule has 5 fully saturated rings. The molecule has 0 radical (unpaired) electrons. The second-order valence-electron chi connectivity index (χ2n) is 20.8. The lowest BCUT2D eigenvalue weighted by atomic mass is 9.42. The third kappa shape index (κ3) is 6.63. The van der Waals surface area contributed by atoms with Crippen molar-refractivity contribution in [3.05, 3.63) is 198 Å². The van der Waals surface area contributed by atoms with Crippen LogP contribution in [-0.2, 0) is 12.0 Å². The van der Waals surface area contributed by atoms with E-state index in [1.807, 2.05) is 0 Å². The van der Waals surface area contributed by atoms with Gasteiger partial charge in [0.2, 0.25) is 0 Å². The van der Waals surface area contributed by atoms with Crippen molar-refractivity contribution in [2.75, 3.05) is 9.80 Å². The van der Waals surface area contributed by atoms with Crippen LogP contribution >= 0.6 is 0 Å². The molecular formula is C61H62N2Si. The van der Waals surface area contributed by atoms with Crippen LogP contribution in [0.3, 0.4) is 0 Å². The van der Waals surface area contributed by atoms with Crippen LogP contribution in [0.5, 0.6) is 0 Å². The number of hydrogen-bond donors (Lipinski definition) is 0. The summed E-state index contributed by atoms with van der Waals surface area (Å²) in [6.45, 7) is 5.95. The first kappa shape index (κ1) is 39.9. The second-order valence-corrected chi connectivity index (χ2v) is 25.1. The third-order valence-electron chi connectivity index (χ3n) is 17.0. The number of rotatable bonds is 10. The molecule has 6 aliphatic rings. The Morgan fingerprint density at radius 2 is 0.969 bits per heavy atom. The number of benzene rings is 7. The molecule has 5 aliphatic carbocycles. The molecular weight excluding hydrogens is 789 g/mol. The van der Waals surface area contributed by atoms with Gasteiger partial charge < -0.3 is 9.80 Å². The summed E-state index contributed by atoms with van der Waals surface area (Å²) >= 11 is 0. The smallest absolute Gasteiger partial charge is 0.114 e. The maximum atomic E-state index is 2.57. The molecule has 0 aromatic heterocycles. The maximum Gasteiger partial charge on any atom is 0.114 e. The Kier molecular flexibility index (Phi) is 10.0. The van der Waals surface area contributed by atoms with Gasteiger partial charge in [0.25, 0.3) is 0 Å². The molecule has 4 bridgehead atoms. The predicted octanol–water partition coefficient (Wildman–Crippen LogP) is 15.1. The van der Waals surface area contributed by atoms with Crippen molar-refractivity contribution in [2.45, 2.75) is 95.2 Å². The SMILES string of the molecule is C[Si]1(C)c2ccccc2-c2cccc(CN(c3ccccc3)c3ccc(C4(c5ccc(N(c6ccccc6)c6ccc(C7CCCCC7)cc6)cc5)C5CC6CC(C5)CC4C6)cc3)c21. The summed E-state index contributed by atoms with van der Waals surface area (Å²) in [5.41, 5.74) is 15.1. The van der Waals surface area contributed by atoms with Gasteiger partial charge in [-0.1, -0.05) is 148 Å². The number of anilines is 5. The summed E-state index contributed by atoms with van der Waals surface area (Å²) < 4.78 is 0. The van der Waals surface area contributed by atoms with Crippen molar-refractivity contribution in [1.29, 1.82) is 0 Å². The lowest BCUT2D eigenvalue weighted by Crippen LogP contribution is -2.56. The zero-order valence-electron chi connectivity index (χ0n) is 37.8. The van der Waals surface area contributed by atoms with Crippen LogP contribution in [0.4, 0.5) is 28.4 Å². The van der Waals surface area contributed by atoms with Crippen LogP contribution in [0.25, 0.3) is 11.1 Å². The van der Waals surface area contributed by atoms with E-state index in [-0.39, 0.29) is 5.41 Å². The summed E-state index contributed by atoms with van der Waals surface area (Å²) in [5.74, 6) is 3.82. The monoisotopic (exact) mass is 850 g/mol. The van der Waals surface area contributed by atoms with E-state index >= 15 is 0 Å². The fraction of sp³-hybridized carbons (Fsp3) is 0.311. The predicted molar refractivity (Wildman–Crippen MR) is 272 cm³/mol. The standard InChI is InChI=1S/C61H62N2Si/c1-64(2)59-24-13-12-22-57(59)58-23-14-17-47(60(58)64)42-62(52-18-8-4-9-19-52)53-33-27-48(28-34-53)61(50-38-43-37-44(40-50)41-51(61)39-43)49-29-35-56(36-30-49)63(54-20-10-5-11-21-54)55-31-25-46(26-32-55)45-15-6-3-7-16-45/h4-5,8-14,17-36,43-45,50-51H,3,6-7,15-16,37-42H2,1-2H3. The first-order valence-electron chi connectivity index (χ1n) is 24.7. The van der Waals surface area contributed by atoms with Gasteiger partial charge in [0.05, 0.1) is 0 Å². The Balaban J connectivity index is 0.913. The average Bonchev–Trinajstić information content (AvgIpc) is 3.58. The number of fused-ring (bicyclic) bond motifs is 3. The van der Waals surface area contributed by atoms with Crippen LogP contribution < -0.4 is 20.2 Å². The third-order valence-corrected chi connectivity index (χ3v) is 20.6. The van der Waals surface area contributed by atoms with Crippen molar-refractivity contribution in [3.63, 3.8) is 0 Å². The Bertz CT molecular complexity index is 2720. The van der Waals surface area contributed by atoms with Crippen LogP contribution in [0.1, 0.15) is 92.4 Å². The molecule has 0 amide bonds. The van der Waals surface area contributed by atoms with Crippen molar-refractivity contribution >= 4 is 46.9 Å². The summed E-state index contributed by atoms with van der Waals surface area (Å²) in [6.07, 6.45) is 13.7. The number of nitrogens with zero attached hydrogens (tertiary/aromatic N) is 2. The molecule has 0 saturated heterocycles. The molecule has 0 atom stereocenters. The van der Waals surface area contributed by atoms with Crippen LogP contribution in [0.15, 0.2) is 176 Å². The molecule has 0 unspecified atom stereocenters. The number of para-hydroxylation sites is 2. The van der Waals surface area contributed by atoms with Crippen LogP contribution in [0.2, 0.25) is 13.1 Å². The molecule has 320 valence electrons. The zero-order chi connectivity index (χ0) is 42.8. The van der Waals surface area contributed by atoms with Gasteiger partial charge in [0.1, 0.15) is 8.07 Å². The molecule has 7 aromatic carbocycles. The Morgan fingerprint density at radius 3 is 1.59 bits per heavy atom. The Hall–Kier alpha value is -5.64. The van der Waals surface area contributed by atoms with Gasteiger partial charge in [0, 0.05) is 40.4 Å². The topological polar surface area (TPSA) is 6.48 Å². The molecule has 13 rings (SSSR count). The van der Waals surface area contributed by atoms with Gasteiger partial charge in [0.15, 0.2) is 0 Å². The molecule has 7 aromatic rings. The highest BCUT2D eigenvalue weighted by Crippen LogP contribution is 2.65. The number of hydrogen-bond acceptors (Lipinski definition) is 2. The van der Waals surface area contributed by atoms with Gasteiger partial charge in [-0.3, -0.25) is 0 Å². The molecule has 0 N–H and O–H groups in total.